The zero-order chi connectivity index (χ0) is 18.1. The molecule has 0 aliphatic carbocycles. The van der Waals surface area contributed by atoms with E-state index in [-0.39, 0.29) is 18.6 Å². The summed E-state index contributed by atoms with van der Waals surface area (Å²) in [4.78, 5) is 18.3. The Balaban J connectivity index is 1.71. The summed E-state index contributed by atoms with van der Waals surface area (Å²) in [5, 5.41) is 6.29. The molecule has 1 atom stereocenters. The molecule has 138 valence electrons. The van der Waals surface area contributed by atoms with E-state index in [0.29, 0.717) is 12.5 Å². The summed E-state index contributed by atoms with van der Waals surface area (Å²) in [5.41, 5.74) is 1.17. The first-order valence-corrected chi connectivity index (χ1v) is 9.04. The van der Waals surface area contributed by atoms with Gasteiger partial charge in [0.05, 0.1) is 13.1 Å². The van der Waals surface area contributed by atoms with Crippen LogP contribution in [-0.2, 0) is 4.79 Å². The van der Waals surface area contributed by atoms with Crippen molar-refractivity contribution >= 4 is 11.9 Å². The van der Waals surface area contributed by atoms with Gasteiger partial charge >= 0.3 is 0 Å². The molecular formula is C19H30N4O2. The van der Waals surface area contributed by atoms with Crippen LogP contribution in [0.15, 0.2) is 29.3 Å². The fraction of sp³-hybridized carbons (Fsp3) is 0.579. The van der Waals surface area contributed by atoms with Gasteiger partial charge in [0.1, 0.15) is 11.9 Å². The number of amides is 1. The first kappa shape index (κ1) is 19.1. The number of nitrogens with one attached hydrogen (secondary N) is 2. The van der Waals surface area contributed by atoms with Crippen molar-refractivity contribution in [3.8, 4) is 5.75 Å². The van der Waals surface area contributed by atoms with Crippen molar-refractivity contribution in [2.75, 3.05) is 33.2 Å². The van der Waals surface area contributed by atoms with Gasteiger partial charge < -0.3 is 20.3 Å². The van der Waals surface area contributed by atoms with Crippen molar-refractivity contribution in [3.63, 3.8) is 0 Å². The maximum absolute atomic E-state index is 12.2. The van der Waals surface area contributed by atoms with Gasteiger partial charge in [-0.05, 0) is 50.8 Å². The molecule has 1 heterocycles. The minimum atomic E-state index is -0.0156. The van der Waals surface area contributed by atoms with E-state index in [0.717, 1.165) is 31.7 Å². The van der Waals surface area contributed by atoms with E-state index < -0.39 is 0 Å². The van der Waals surface area contributed by atoms with E-state index in [4.69, 9.17) is 4.74 Å². The van der Waals surface area contributed by atoms with Gasteiger partial charge in [-0.15, -0.1) is 0 Å². The lowest BCUT2D eigenvalue weighted by molar-refractivity contribution is -0.130. The number of aryl methyl sites for hydroxylation is 1. The summed E-state index contributed by atoms with van der Waals surface area (Å²) in [7, 11) is 1.70. The molecule has 1 aliphatic heterocycles. The average Bonchev–Trinajstić information content (AvgIpc) is 2.62. The number of carbonyl (C=O) groups is 1. The molecule has 1 aromatic carbocycles. The molecular weight excluding hydrogens is 316 g/mol. The fourth-order valence-corrected chi connectivity index (χ4v) is 2.84. The molecule has 1 aromatic rings. The van der Waals surface area contributed by atoms with Crippen LogP contribution in [0.4, 0.5) is 0 Å². The van der Waals surface area contributed by atoms with Gasteiger partial charge in [0.2, 0.25) is 5.91 Å². The number of nitrogens with zero attached hydrogens (tertiary/aromatic N) is 2. The summed E-state index contributed by atoms with van der Waals surface area (Å²) in [6.45, 7) is 6.66. The number of piperidine rings is 1. The van der Waals surface area contributed by atoms with Crippen LogP contribution in [0.5, 0.6) is 5.75 Å². The van der Waals surface area contributed by atoms with E-state index >= 15 is 0 Å². The van der Waals surface area contributed by atoms with Crippen LogP contribution in [-0.4, -0.2) is 56.1 Å². The molecule has 0 bridgehead atoms. The number of benzene rings is 1. The monoisotopic (exact) mass is 346 g/mol. The molecule has 1 saturated heterocycles. The highest BCUT2D eigenvalue weighted by Crippen LogP contribution is 2.13. The Morgan fingerprint density at radius 3 is 2.72 bits per heavy atom. The van der Waals surface area contributed by atoms with Gasteiger partial charge in [-0.25, -0.2) is 0 Å². The molecule has 1 amide bonds. The third-order valence-electron chi connectivity index (χ3n) is 4.22. The van der Waals surface area contributed by atoms with Crippen molar-refractivity contribution < 1.29 is 9.53 Å². The van der Waals surface area contributed by atoms with E-state index in [1.807, 2.05) is 43.0 Å². The van der Waals surface area contributed by atoms with Gasteiger partial charge in [-0.1, -0.05) is 12.1 Å². The zero-order valence-corrected chi connectivity index (χ0v) is 15.5. The Kier molecular flexibility index (Phi) is 7.57. The van der Waals surface area contributed by atoms with Crippen molar-refractivity contribution in [2.24, 2.45) is 4.99 Å². The van der Waals surface area contributed by atoms with E-state index in [1.165, 1.54) is 12.0 Å². The standard InChI is InChI=1S/C19H30N4O2/c1-15-8-7-9-17(12-15)25-16(2)13-21-19(20-3)22-14-18(24)23-10-5-4-6-11-23/h7-9,12,16H,4-6,10-11,13-14H2,1-3H3,(H2,20,21,22). The Labute approximate surface area is 150 Å². The van der Waals surface area contributed by atoms with E-state index in [1.54, 1.807) is 7.05 Å². The summed E-state index contributed by atoms with van der Waals surface area (Å²) in [6, 6.07) is 7.99. The third-order valence-corrected chi connectivity index (χ3v) is 4.22. The Morgan fingerprint density at radius 1 is 1.28 bits per heavy atom. The minimum Gasteiger partial charge on any atom is -0.489 e. The summed E-state index contributed by atoms with van der Waals surface area (Å²) in [5.74, 6) is 1.61. The molecule has 25 heavy (non-hydrogen) atoms. The van der Waals surface area contributed by atoms with E-state index in [9.17, 15) is 4.79 Å². The van der Waals surface area contributed by atoms with E-state index in [2.05, 4.69) is 15.6 Å². The number of rotatable bonds is 6. The Bertz CT molecular complexity index is 583. The molecule has 0 radical (unpaired) electrons. The SMILES string of the molecule is CN=C(NCC(=O)N1CCCCC1)NCC(C)Oc1cccc(C)c1. The summed E-state index contributed by atoms with van der Waals surface area (Å²) < 4.78 is 5.89. The highest BCUT2D eigenvalue weighted by molar-refractivity contribution is 5.86. The zero-order valence-electron chi connectivity index (χ0n) is 15.5. The van der Waals surface area contributed by atoms with Crippen LogP contribution in [0, 0.1) is 6.92 Å². The van der Waals surface area contributed by atoms with Crippen LogP contribution in [0.25, 0.3) is 0 Å². The van der Waals surface area contributed by atoms with Gasteiger partial charge in [-0.2, -0.15) is 0 Å². The Morgan fingerprint density at radius 2 is 2.04 bits per heavy atom. The molecule has 2 rings (SSSR count). The quantitative estimate of drug-likeness (QED) is 0.610. The first-order chi connectivity index (χ1) is 12.1. The minimum absolute atomic E-state index is 0.0156. The number of likely N-dealkylation sites (tertiary alicyclic amines) is 1. The van der Waals surface area contributed by atoms with Crippen LogP contribution < -0.4 is 15.4 Å². The maximum atomic E-state index is 12.2. The molecule has 0 aromatic heterocycles. The lowest BCUT2D eigenvalue weighted by atomic mass is 10.1. The average molecular weight is 346 g/mol. The number of ether oxygens (including phenoxy) is 1. The Hall–Kier alpha value is -2.24. The van der Waals surface area contributed by atoms with Crippen LogP contribution >= 0.6 is 0 Å². The molecule has 1 fully saturated rings. The second kappa shape index (κ2) is 9.91. The predicted octanol–water partition coefficient (Wildman–Crippen LogP) is 1.94. The number of hydrogen-bond acceptors (Lipinski definition) is 3. The predicted molar refractivity (Wildman–Crippen MR) is 101 cm³/mol. The topological polar surface area (TPSA) is 66.0 Å². The molecule has 0 saturated carbocycles. The number of aliphatic imine (C=N–C) groups is 1. The largest absolute Gasteiger partial charge is 0.489 e. The lowest BCUT2D eigenvalue weighted by Gasteiger charge is -2.27. The first-order valence-electron chi connectivity index (χ1n) is 9.04. The van der Waals surface area contributed by atoms with Crippen LogP contribution in [0.1, 0.15) is 31.7 Å². The second-order valence-corrected chi connectivity index (χ2v) is 6.49. The lowest BCUT2D eigenvalue weighted by Crippen LogP contribution is -2.47. The highest BCUT2D eigenvalue weighted by Gasteiger charge is 2.16. The third kappa shape index (κ3) is 6.64. The molecule has 6 heteroatoms. The van der Waals surface area contributed by atoms with Gasteiger partial charge in [0, 0.05) is 20.1 Å². The second-order valence-electron chi connectivity index (χ2n) is 6.49. The maximum Gasteiger partial charge on any atom is 0.241 e. The van der Waals surface area contributed by atoms with Crippen LogP contribution in [0.2, 0.25) is 0 Å². The molecule has 2 N–H and O–H groups in total. The smallest absolute Gasteiger partial charge is 0.241 e. The number of guanidine groups is 1. The molecule has 1 unspecified atom stereocenters. The summed E-state index contributed by atoms with van der Waals surface area (Å²) >= 11 is 0. The molecule has 0 spiro atoms. The molecule has 1 aliphatic rings. The van der Waals surface area contributed by atoms with Gasteiger partial charge in [0.15, 0.2) is 5.96 Å². The van der Waals surface area contributed by atoms with Crippen molar-refractivity contribution in [1.82, 2.24) is 15.5 Å². The van der Waals surface area contributed by atoms with Gasteiger partial charge in [-0.3, -0.25) is 9.79 Å². The highest BCUT2D eigenvalue weighted by atomic mass is 16.5. The number of carbonyl (C=O) groups excluding carboxylic acids is 1. The van der Waals surface area contributed by atoms with Crippen LogP contribution in [0.3, 0.4) is 0 Å². The summed E-state index contributed by atoms with van der Waals surface area (Å²) in [6.07, 6.45) is 3.41. The number of hydrogen-bond donors (Lipinski definition) is 2. The fourth-order valence-electron chi connectivity index (χ4n) is 2.84. The van der Waals surface area contributed by atoms with Crippen molar-refractivity contribution in [2.45, 2.75) is 39.2 Å². The van der Waals surface area contributed by atoms with Gasteiger partial charge in [0.25, 0.3) is 0 Å². The normalized spacial score (nSPS) is 16.3. The molecule has 6 nitrogen and oxygen atoms in total. The van der Waals surface area contributed by atoms with Crippen molar-refractivity contribution in [1.29, 1.82) is 0 Å². The van der Waals surface area contributed by atoms with Crippen molar-refractivity contribution in [3.05, 3.63) is 29.8 Å².